The summed E-state index contributed by atoms with van der Waals surface area (Å²) in [5.41, 5.74) is 10.5. The van der Waals surface area contributed by atoms with E-state index in [-0.39, 0.29) is 55.4 Å². The molecule has 1 unspecified atom stereocenters. The second kappa shape index (κ2) is 25.6. The zero-order chi connectivity index (χ0) is 56.7. The van der Waals surface area contributed by atoms with Crippen LogP contribution < -0.4 is 37.1 Å². The molecule has 424 valence electrons. The van der Waals surface area contributed by atoms with Crippen LogP contribution in [0.5, 0.6) is 5.75 Å². The van der Waals surface area contributed by atoms with Crippen molar-refractivity contribution in [2.45, 2.75) is 140 Å². The van der Waals surface area contributed by atoms with Crippen molar-refractivity contribution in [2.75, 3.05) is 19.0 Å². The fourth-order valence-corrected chi connectivity index (χ4v) is 13.9. The second-order valence-electron chi connectivity index (χ2n) is 22.9. The van der Waals surface area contributed by atoms with Crippen molar-refractivity contribution >= 4 is 64.5 Å². The molecule has 4 aromatic rings. The van der Waals surface area contributed by atoms with Gasteiger partial charge in [-0.15, -0.1) is 0 Å². The number of nitrogens with one attached hydrogen (secondary N) is 5. The molecule has 7 N–H and O–H groups in total. The number of fused-ring (bicyclic) bond motifs is 1. The number of nitriles is 1. The van der Waals surface area contributed by atoms with E-state index in [9.17, 15) is 29.2 Å². The van der Waals surface area contributed by atoms with Gasteiger partial charge in [-0.05, 0) is 165 Å². The topological polar surface area (TPSA) is 232 Å². The van der Waals surface area contributed by atoms with E-state index in [1.54, 1.807) is 49.6 Å². The monoisotopic (exact) mass is 1130 g/mol. The molecule has 4 saturated carbocycles. The Morgan fingerprint density at radius 2 is 1.39 bits per heavy atom. The third kappa shape index (κ3) is 12.6. The smallest absolute Gasteiger partial charge is 0.262 e. The van der Waals surface area contributed by atoms with Crippen LogP contribution in [0.3, 0.4) is 0 Å². The van der Waals surface area contributed by atoms with Gasteiger partial charge in [0.05, 0.1) is 11.1 Å². The highest BCUT2D eigenvalue weighted by molar-refractivity contribution is 6.33. The SMILES string of the molecule is COC1(c2ccc(/C=C/C#N)c(OCc3ccc(NC(=O)[C@H](CC(C)C)NC(=O)[C@H](CCCCN)NC(=O)[C@H](Cc4ccc(Cl)cc4)NC(=O)[C@@H](NC(C)=O)C4Cc5ccccc5C4)cc3)c2Cl)OOC12C1CC3CC(C1)CC2C3. The molecule has 1 aliphatic heterocycles. The summed E-state index contributed by atoms with van der Waals surface area (Å²) >= 11 is 13.5. The number of amides is 5. The van der Waals surface area contributed by atoms with Crippen molar-refractivity contribution in [3.8, 4) is 11.8 Å². The summed E-state index contributed by atoms with van der Waals surface area (Å²) in [4.78, 5) is 82.2. The third-order valence-electron chi connectivity index (χ3n) is 17.0. The van der Waals surface area contributed by atoms with Crippen LogP contribution in [0.25, 0.3) is 6.08 Å². The minimum absolute atomic E-state index is 0.0159. The van der Waals surface area contributed by atoms with Crippen LogP contribution in [0.2, 0.25) is 10.0 Å². The zero-order valence-corrected chi connectivity index (χ0v) is 47.4. The van der Waals surface area contributed by atoms with Gasteiger partial charge in [0.25, 0.3) is 5.79 Å². The Bertz CT molecular complexity index is 2930. The van der Waals surface area contributed by atoms with Gasteiger partial charge < -0.3 is 41.8 Å². The molecule has 5 amide bonds. The molecular formula is C62H73Cl2N7O9. The van der Waals surface area contributed by atoms with Gasteiger partial charge in [-0.3, -0.25) is 24.0 Å². The Kier molecular flexibility index (Phi) is 18.7. The molecule has 1 saturated heterocycles. The van der Waals surface area contributed by atoms with Gasteiger partial charge >= 0.3 is 0 Å². The largest absolute Gasteiger partial charge is 0.487 e. The highest BCUT2D eigenvalue weighted by Gasteiger charge is 2.77. The van der Waals surface area contributed by atoms with Gasteiger partial charge in [-0.2, -0.15) is 10.1 Å². The van der Waals surface area contributed by atoms with Crippen molar-refractivity contribution in [2.24, 2.45) is 41.2 Å². The quantitative estimate of drug-likeness (QED) is 0.0221. The number of nitrogens with zero attached hydrogens (tertiary/aromatic N) is 1. The molecule has 6 aliphatic rings. The molecule has 4 bridgehead atoms. The van der Waals surface area contributed by atoms with Gasteiger partial charge in [-0.25, -0.2) is 4.89 Å². The number of anilines is 1. The molecule has 0 aromatic heterocycles. The predicted molar refractivity (Wildman–Crippen MR) is 304 cm³/mol. The maximum absolute atomic E-state index is 14.5. The van der Waals surface area contributed by atoms with Crippen LogP contribution in [-0.2, 0) is 70.1 Å². The molecule has 16 nitrogen and oxygen atoms in total. The maximum Gasteiger partial charge on any atom is 0.262 e. The predicted octanol–water partition coefficient (Wildman–Crippen LogP) is 8.80. The zero-order valence-electron chi connectivity index (χ0n) is 45.9. The van der Waals surface area contributed by atoms with E-state index in [0.29, 0.717) is 82.2 Å². The van der Waals surface area contributed by atoms with E-state index in [2.05, 4.69) is 32.7 Å². The molecule has 5 atom stereocenters. The molecule has 18 heteroatoms. The van der Waals surface area contributed by atoms with Gasteiger partial charge in [0.15, 0.2) is 5.60 Å². The van der Waals surface area contributed by atoms with Crippen molar-refractivity contribution < 1.29 is 43.2 Å². The van der Waals surface area contributed by atoms with Crippen LogP contribution in [0.15, 0.2) is 91.0 Å². The first-order valence-corrected chi connectivity index (χ1v) is 28.8. The van der Waals surface area contributed by atoms with Crippen LogP contribution in [0, 0.1) is 46.8 Å². The summed E-state index contributed by atoms with van der Waals surface area (Å²) in [7, 11) is 1.63. The van der Waals surface area contributed by atoms with E-state index in [1.807, 2.05) is 62.4 Å². The number of allylic oxidation sites excluding steroid dienone is 1. The number of carbonyl (C=O) groups is 5. The summed E-state index contributed by atoms with van der Waals surface area (Å²) < 4.78 is 12.8. The van der Waals surface area contributed by atoms with Crippen molar-refractivity contribution in [3.05, 3.63) is 134 Å². The number of unbranched alkanes of at least 4 members (excludes halogenated alkanes) is 1. The summed E-state index contributed by atoms with van der Waals surface area (Å²) in [5, 5.41) is 24.8. The number of hydrogen-bond donors (Lipinski definition) is 6. The number of methoxy groups -OCH3 is 1. The Morgan fingerprint density at radius 1 is 0.762 bits per heavy atom. The third-order valence-corrected chi connectivity index (χ3v) is 17.6. The molecule has 1 heterocycles. The summed E-state index contributed by atoms with van der Waals surface area (Å²) in [6.45, 7) is 5.68. The molecule has 4 aromatic carbocycles. The molecule has 1 spiro atoms. The molecular weight excluding hydrogens is 1060 g/mol. The normalized spacial score (nSPS) is 24.0. The van der Waals surface area contributed by atoms with Gasteiger partial charge in [0.2, 0.25) is 29.5 Å². The molecule has 80 heavy (non-hydrogen) atoms. The Morgan fingerprint density at radius 3 is 1.98 bits per heavy atom. The van der Waals surface area contributed by atoms with Gasteiger partial charge in [0.1, 0.15) is 36.5 Å². The highest BCUT2D eigenvalue weighted by Crippen LogP contribution is 2.70. The number of ether oxygens (including phenoxy) is 2. The maximum atomic E-state index is 14.5. The first-order valence-electron chi connectivity index (χ1n) is 28.1. The Hall–Kier alpha value is -6.32. The molecule has 10 rings (SSSR count). The number of benzene rings is 4. The summed E-state index contributed by atoms with van der Waals surface area (Å²) in [6.07, 6.45) is 11.2. The van der Waals surface area contributed by atoms with Gasteiger partial charge in [-0.1, -0.05) is 97.7 Å². The van der Waals surface area contributed by atoms with Crippen molar-refractivity contribution in [3.63, 3.8) is 0 Å². The first-order chi connectivity index (χ1) is 38.5. The number of carbonyl (C=O) groups excluding carboxylic acids is 5. The van der Waals surface area contributed by atoms with E-state index in [4.69, 9.17) is 48.2 Å². The standard InChI is InChI=1S/C62H73Cl2N7O9/c1-36(2)26-52(70-57(73)51(13-7-8-24-65)69-59(75)53(32-38-14-19-48(63)20-15-38)71-60(76)55(67-37(3)72)45-33-43-10-5-6-11-44(43)34-45)58(74)68-49-21-16-39(17-22-49)35-78-56-42(12-9-25-66)18-23-50(54(56)64)62(77-4)61(79-80-62)46-28-40-27-41(30-46)31-47(61)29-40/h5-6,9-12,14-23,36,40-41,45-47,51-53,55H,7-8,13,24,26-35,65H2,1-4H3,(H,67,72)(H,68,74)(H,69,75)(H,70,73)(H,71,76)/b12-9+/t40?,41?,46?,47?,51-,52-,53-,55-,61?,62?/m0/s1. The van der Waals surface area contributed by atoms with Crippen LogP contribution in [0.1, 0.15) is 112 Å². The van der Waals surface area contributed by atoms with E-state index < -0.39 is 59.2 Å². The Labute approximate surface area is 478 Å². The number of nitrogens with two attached hydrogens (primary N) is 1. The fraction of sp³-hybridized carbons (Fsp3) is 0.484. The lowest BCUT2D eigenvalue weighted by Crippen LogP contribution is -2.76. The number of hydrogen-bond acceptors (Lipinski definition) is 11. The fourth-order valence-electron chi connectivity index (χ4n) is 13.4. The first kappa shape index (κ1) is 58.3. The lowest BCUT2D eigenvalue weighted by Gasteiger charge is -2.68. The minimum Gasteiger partial charge on any atom is -0.487 e. The highest BCUT2D eigenvalue weighted by atomic mass is 35.5. The van der Waals surface area contributed by atoms with Crippen LogP contribution in [0.4, 0.5) is 5.69 Å². The van der Waals surface area contributed by atoms with Crippen LogP contribution in [-0.4, -0.2) is 73.0 Å². The van der Waals surface area contributed by atoms with E-state index in [1.165, 1.54) is 19.4 Å². The van der Waals surface area contributed by atoms with Gasteiger partial charge in [0, 0.05) is 48.4 Å². The van der Waals surface area contributed by atoms with E-state index >= 15 is 0 Å². The van der Waals surface area contributed by atoms with Crippen LogP contribution >= 0.6 is 23.2 Å². The average molecular weight is 1130 g/mol. The average Bonchev–Trinajstić information content (AvgIpc) is 2.11. The summed E-state index contributed by atoms with van der Waals surface area (Å²) in [5.74, 6) is -1.82. The molecule has 5 fully saturated rings. The lowest BCUT2D eigenvalue weighted by molar-refractivity contribution is -0.645. The Balaban J connectivity index is 0.876. The molecule has 5 aliphatic carbocycles. The van der Waals surface area contributed by atoms with E-state index in [0.717, 1.165) is 42.4 Å². The van der Waals surface area contributed by atoms with Crippen molar-refractivity contribution in [1.29, 1.82) is 5.26 Å². The number of rotatable bonds is 24. The van der Waals surface area contributed by atoms with Crippen molar-refractivity contribution in [1.82, 2.24) is 21.3 Å². The second-order valence-corrected chi connectivity index (χ2v) is 23.7. The lowest BCUT2D eigenvalue weighted by atomic mass is 9.47. The minimum atomic E-state index is -1.24. The molecule has 0 radical (unpaired) electrons. The number of halogens is 2. The summed E-state index contributed by atoms with van der Waals surface area (Å²) in [6, 6.07) is 23.5.